The number of hydrogen-bond donors (Lipinski definition) is 0. The van der Waals surface area contributed by atoms with Gasteiger partial charge in [0.2, 0.25) is 0 Å². The van der Waals surface area contributed by atoms with Crippen LogP contribution in [0.1, 0.15) is 15.9 Å². The molecule has 2 aromatic rings. The van der Waals surface area contributed by atoms with Crippen LogP contribution >= 0.6 is 0 Å². The molecule has 1 aromatic carbocycles. The van der Waals surface area contributed by atoms with E-state index in [4.69, 9.17) is 0 Å². The number of benzene rings is 1. The van der Waals surface area contributed by atoms with Crippen LogP contribution in [0.5, 0.6) is 5.75 Å². The van der Waals surface area contributed by atoms with Crippen molar-refractivity contribution in [2.24, 2.45) is 0 Å². The Morgan fingerprint density at radius 1 is 1.30 bits per heavy atom. The SMILES string of the molecule is O=C(/C=C/c1cccnc1)c1cc([N+](=O)[O-])ccc1[O-]. The molecule has 6 heteroatoms. The highest BCUT2D eigenvalue weighted by Gasteiger charge is 2.10. The fourth-order valence-corrected chi connectivity index (χ4v) is 1.56. The first-order valence-corrected chi connectivity index (χ1v) is 5.66. The van der Waals surface area contributed by atoms with Gasteiger partial charge in [-0.1, -0.05) is 17.9 Å². The summed E-state index contributed by atoms with van der Waals surface area (Å²) in [5.74, 6) is -1.13. The van der Waals surface area contributed by atoms with E-state index in [0.29, 0.717) is 5.56 Å². The molecule has 0 saturated heterocycles. The minimum Gasteiger partial charge on any atom is -0.872 e. The minimum absolute atomic E-state index is 0.223. The fourth-order valence-electron chi connectivity index (χ4n) is 1.56. The van der Waals surface area contributed by atoms with Gasteiger partial charge in [-0.2, -0.15) is 0 Å². The average Bonchev–Trinajstić information content (AvgIpc) is 2.46. The quantitative estimate of drug-likeness (QED) is 0.366. The van der Waals surface area contributed by atoms with Crippen LogP contribution in [0.4, 0.5) is 5.69 Å². The lowest BCUT2D eigenvalue weighted by Gasteiger charge is -2.09. The van der Waals surface area contributed by atoms with Gasteiger partial charge in [0.1, 0.15) is 0 Å². The van der Waals surface area contributed by atoms with Crippen molar-refractivity contribution in [2.75, 3.05) is 0 Å². The lowest BCUT2D eigenvalue weighted by Crippen LogP contribution is -2.03. The van der Waals surface area contributed by atoms with E-state index in [1.165, 1.54) is 12.2 Å². The number of carbonyl (C=O) groups excluding carboxylic acids is 1. The van der Waals surface area contributed by atoms with E-state index in [9.17, 15) is 20.0 Å². The molecule has 1 aromatic heterocycles. The molecular formula is C14H9N2O4-. The van der Waals surface area contributed by atoms with Crippen molar-refractivity contribution >= 4 is 17.5 Å². The molecule has 2 rings (SSSR count). The van der Waals surface area contributed by atoms with E-state index >= 15 is 0 Å². The van der Waals surface area contributed by atoms with E-state index in [-0.39, 0.29) is 11.3 Å². The first-order valence-electron chi connectivity index (χ1n) is 5.66. The Hall–Kier alpha value is -3.02. The van der Waals surface area contributed by atoms with Gasteiger partial charge in [0.05, 0.1) is 4.92 Å². The second kappa shape index (κ2) is 5.75. The largest absolute Gasteiger partial charge is 0.872 e. The molecule has 0 fully saturated rings. The zero-order chi connectivity index (χ0) is 14.5. The molecule has 1 heterocycles. The van der Waals surface area contributed by atoms with Crippen LogP contribution in [0, 0.1) is 10.1 Å². The summed E-state index contributed by atoms with van der Waals surface area (Å²) >= 11 is 0. The molecule has 0 saturated carbocycles. The Labute approximate surface area is 114 Å². The smallest absolute Gasteiger partial charge is 0.270 e. The molecule has 0 aliphatic rings. The summed E-state index contributed by atoms with van der Waals surface area (Å²) in [6.07, 6.45) is 5.83. The molecule has 0 aliphatic carbocycles. The van der Waals surface area contributed by atoms with Crippen molar-refractivity contribution in [3.8, 4) is 5.75 Å². The second-order valence-electron chi connectivity index (χ2n) is 3.92. The van der Waals surface area contributed by atoms with Crippen molar-refractivity contribution in [1.29, 1.82) is 0 Å². The number of non-ortho nitro benzene ring substituents is 1. The number of rotatable bonds is 4. The van der Waals surface area contributed by atoms with Gasteiger partial charge < -0.3 is 5.11 Å². The van der Waals surface area contributed by atoms with E-state index < -0.39 is 16.5 Å². The van der Waals surface area contributed by atoms with Gasteiger partial charge in [0.15, 0.2) is 5.78 Å². The topological polar surface area (TPSA) is 96.2 Å². The van der Waals surface area contributed by atoms with Crippen molar-refractivity contribution in [3.05, 3.63) is 70.0 Å². The molecule has 0 bridgehead atoms. The van der Waals surface area contributed by atoms with Gasteiger partial charge in [-0.25, -0.2) is 0 Å². The number of allylic oxidation sites excluding steroid dienone is 1. The van der Waals surface area contributed by atoms with Crippen molar-refractivity contribution in [3.63, 3.8) is 0 Å². The van der Waals surface area contributed by atoms with Gasteiger partial charge >= 0.3 is 0 Å². The number of hydrogen-bond acceptors (Lipinski definition) is 5. The van der Waals surface area contributed by atoms with Crippen molar-refractivity contribution < 1.29 is 14.8 Å². The summed E-state index contributed by atoms with van der Waals surface area (Å²) in [6, 6.07) is 6.52. The van der Waals surface area contributed by atoms with Crippen LogP contribution in [0.2, 0.25) is 0 Å². The standard InChI is InChI=1S/C14H10N2O4/c17-13(5-3-10-2-1-7-15-9-10)12-8-11(16(19)20)4-6-14(12)18/h1-9,18H/p-1/b5-3+. The Morgan fingerprint density at radius 3 is 2.75 bits per heavy atom. The van der Waals surface area contributed by atoms with E-state index in [2.05, 4.69) is 4.98 Å². The molecule has 0 amide bonds. The van der Waals surface area contributed by atoms with Crippen LogP contribution in [-0.2, 0) is 0 Å². The normalized spacial score (nSPS) is 10.6. The Morgan fingerprint density at radius 2 is 2.10 bits per heavy atom. The lowest BCUT2D eigenvalue weighted by molar-refractivity contribution is -0.385. The highest BCUT2D eigenvalue weighted by molar-refractivity contribution is 6.08. The number of carbonyl (C=O) groups is 1. The average molecular weight is 269 g/mol. The van der Waals surface area contributed by atoms with Gasteiger partial charge in [0, 0.05) is 30.1 Å². The summed E-state index contributed by atoms with van der Waals surface area (Å²) < 4.78 is 0. The second-order valence-corrected chi connectivity index (χ2v) is 3.92. The molecule has 0 unspecified atom stereocenters. The summed E-state index contributed by atoms with van der Waals surface area (Å²) in [5, 5.41) is 22.2. The molecule has 0 atom stereocenters. The third-order valence-electron chi connectivity index (χ3n) is 2.55. The van der Waals surface area contributed by atoms with Gasteiger partial charge in [0.25, 0.3) is 5.69 Å². The van der Waals surface area contributed by atoms with Crippen LogP contribution < -0.4 is 5.11 Å². The third-order valence-corrected chi connectivity index (χ3v) is 2.55. The number of nitrogens with zero attached hydrogens (tertiary/aromatic N) is 2. The first-order chi connectivity index (χ1) is 9.58. The Balaban J connectivity index is 2.27. The Kier molecular flexibility index (Phi) is 3.85. The summed E-state index contributed by atoms with van der Waals surface area (Å²) in [5.41, 5.74) is 0.181. The van der Waals surface area contributed by atoms with E-state index in [1.807, 2.05) is 0 Å². The molecular weight excluding hydrogens is 260 g/mol. The molecule has 6 nitrogen and oxygen atoms in total. The number of ketones is 1. The third kappa shape index (κ3) is 3.05. The summed E-state index contributed by atoms with van der Waals surface area (Å²) in [6.45, 7) is 0. The van der Waals surface area contributed by atoms with Crippen LogP contribution in [0.3, 0.4) is 0 Å². The molecule has 0 aliphatic heterocycles. The summed E-state index contributed by atoms with van der Waals surface area (Å²) in [7, 11) is 0. The van der Waals surface area contributed by atoms with Gasteiger partial charge in [-0.3, -0.25) is 19.9 Å². The molecule has 20 heavy (non-hydrogen) atoms. The maximum absolute atomic E-state index is 11.9. The van der Waals surface area contributed by atoms with Gasteiger partial charge in [-0.15, -0.1) is 0 Å². The van der Waals surface area contributed by atoms with Crippen molar-refractivity contribution in [1.82, 2.24) is 4.98 Å². The molecule has 100 valence electrons. The summed E-state index contributed by atoms with van der Waals surface area (Å²) in [4.78, 5) is 25.7. The number of nitro groups is 1. The van der Waals surface area contributed by atoms with Crippen LogP contribution in [-0.4, -0.2) is 15.7 Å². The minimum atomic E-state index is -0.652. The maximum atomic E-state index is 11.9. The number of nitro benzene ring substituents is 1. The Bertz CT molecular complexity index is 681. The number of aromatic nitrogens is 1. The van der Waals surface area contributed by atoms with Crippen LogP contribution in [0.25, 0.3) is 6.08 Å². The molecule has 0 N–H and O–H groups in total. The predicted octanol–water partition coefficient (Wildman–Crippen LogP) is 1.96. The van der Waals surface area contributed by atoms with Crippen LogP contribution in [0.15, 0.2) is 48.8 Å². The zero-order valence-corrected chi connectivity index (χ0v) is 10.2. The zero-order valence-electron chi connectivity index (χ0n) is 10.2. The maximum Gasteiger partial charge on any atom is 0.270 e. The molecule has 0 spiro atoms. The highest BCUT2D eigenvalue weighted by atomic mass is 16.6. The molecule has 0 radical (unpaired) electrons. The highest BCUT2D eigenvalue weighted by Crippen LogP contribution is 2.21. The van der Waals surface area contributed by atoms with E-state index in [0.717, 1.165) is 18.2 Å². The predicted molar refractivity (Wildman–Crippen MR) is 70.1 cm³/mol. The fraction of sp³-hybridized carbons (Fsp3) is 0. The number of pyridine rings is 1. The van der Waals surface area contributed by atoms with Gasteiger partial charge in [-0.05, 0) is 23.8 Å². The monoisotopic (exact) mass is 269 g/mol. The van der Waals surface area contributed by atoms with Crippen molar-refractivity contribution in [2.45, 2.75) is 0 Å². The lowest BCUT2D eigenvalue weighted by atomic mass is 10.1. The van der Waals surface area contributed by atoms with E-state index in [1.54, 1.807) is 24.5 Å². The first kappa shape index (κ1) is 13.4.